The van der Waals surface area contributed by atoms with Gasteiger partial charge < -0.3 is 9.88 Å². The standard InChI is InChI=1S/C15H19N3/c1-17-6-7-18-10-15-13(8-11(18)9-17)12-4-2-3-5-14(12)16-15/h2-5,11,16H,6-10H2,1H3/t11-/m0/s1. The Kier molecular flexibility index (Phi) is 2.26. The van der Waals surface area contributed by atoms with Crippen LogP contribution in [0, 0.1) is 0 Å². The van der Waals surface area contributed by atoms with E-state index in [1.165, 1.54) is 42.7 Å². The second kappa shape index (κ2) is 3.84. The second-order valence-corrected chi connectivity index (χ2v) is 5.72. The van der Waals surface area contributed by atoms with Gasteiger partial charge in [-0.2, -0.15) is 0 Å². The van der Waals surface area contributed by atoms with Gasteiger partial charge in [0.1, 0.15) is 0 Å². The first kappa shape index (κ1) is 10.6. The van der Waals surface area contributed by atoms with Crippen molar-refractivity contribution in [2.75, 3.05) is 26.7 Å². The molecule has 18 heavy (non-hydrogen) atoms. The molecular weight excluding hydrogens is 222 g/mol. The summed E-state index contributed by atoms with van der Waals surface area (Å²) in [6.07, 6.45) is 1.20. The molecule has 4 rings (SSSR count). The average Bonchev–Trinajstić information content (AvgIpc) is 2.74. The number of aromatic amines is 1. The number of fused-ring (bicyclic) bond motifs is 4. The van der Waals surface area contributed by atoms with Gasteiger partial charge in [-0.15, -0.1) is 0 Å². The molecule has 1 N–H and O–H groups in total. The molecule has 3 heterocycles. The molecule has 1 atom stereocenters. The van der Waals surface area contributed by atoms with Gasteiger partial charge in [0.2, 0.25) is 0 Å². The van der Waals surface area contributed by atoms with Crippen molar-refractivity contribution in [1.29, 1.82) is 0 Å². The number of nitrogens with zero attached hydrogens (tertiary/aromatic N) is 2. The molecule has 0 amide bonds. The summed E-state index contributed by atoms with van der Waals surface area (Å²) >= 11 is 0. The molecule has 0 radical (unpaired) electrons. The topological polar surface area (TPSA) is 22.3 Å². The third kappa shape index (κ3) is 1.51. The maximum atomic E-state index is 3.61. The average molecular weight is 241 g/mol. The highest BCUT2D eigenvalue weighted by Gasteiger charge is 2.31. The molecule has 1 saturated heterocycles. The lowest BCUT2D eigenvalue weighted by atomic mass is 9.95. The summed E-state index contributed by atoms with van der Waals surface area (Å²) in [5, 5.41) is 1.43. The van der Waals surface area contributed by atoms with Crippen LogP contribution in [-0.2, 0) is 13.0 Å². The largest absolute Gasteiger partial charge is 0.357 e. The number of para-hydroxylation sites is 1. The number of hydrogen-bond donors (Lipinski definition) is 1. The molecule has 0 bridgehead atoms. The number of likely N-dealkylation sites (N-methyl/N-ethyl adjacent to an activating group) is 1. The number of H-pyrrole nitrogens is 1. The molecule has 1 fully saturated rings. The molecule has 0 spiro atoms. The van der Waals surface area contributed by atoms with Crippen molar-refractivity contribution < 1.29 is 0 Å². The Morgan fingerprint density at radius 3 is 3.06 bits per heavy atom. The first-order chi connectivity index (χ1) is 8.81. The molecule has 1 aromatic heterocycles. The van der Waals surface area contributed by atoms with E-state index in [-0.39, 0.29) is 0 Å². The van der Waals surface area contributed by atoms with Crippen LogP contribution in [0.1, 0.15) is 11.3 Å². The number of rotatable bonds is 0. The lowest BCUT2D eigenvalue weighted by Gasteiger charge is -2.42. The van der Waals surface area contributed by atoms with E-state index in [9.17, 15) is 0 Å². The lowest BCUT2D eigenvalue weighted by Crippen LogP contribution is -2.53. The van der Waals surface area contributed by atoms with Crippen LogP contribution in [0.25, 0.3) is 10.9 Å². The fourth-order valence-corrected chi connectivity index (χ4v) is 3.51. The SMILES string of the molecule is CN1CCN2Cc3[nH]c4ccccc4c3C[C@H]2C1. The Morgan fingerprint density at radius 2 is 2.11 bits per heavy atom. The molecule has 2 aliphatic heterocycles. The molecule has 0 aliphatic carbocycles. The number of piperazine rings is 1. The minimum absolute atomic E-state index is 0.704. The molecular formula is C15H19N3. The molecule has 2 aliphatic rings. The summed E-state index contributed by atoms with van der Waals surface area (Å²) in [5.41, 5.74) is 4.30. The molecule has 2 aromatic rings. The van der Waals surface area contributed by atoms with E-state index in [0.717, 1.165) is 6.54 Å². The summed E-state index contributed by atoms with van der Waals surface area (Å²) in [5.74, 6) is 0. The summed E-state index contributed by atoms with van der Waals surface area (Å²) in [4.78, 5) is 8.70. The van der Waals surface area contributed by atoms with Crippen LogP contribution in [0.4, 0.5) is 0 Å². The second-order valence-electron chi connectivity index (χ2n) is 5.72. The van der Waals surface area contributed by atoms with Crippen molar-refractivity contribution in [3.8, 4) is 0 Å². The maximum Gasteiger partial charge on any atom is 0.0459 e. The van der Waals surface area contributed by atoms with Crippen LogP contribution < -0.4 is 0 Å². The van der Waals surface area contributed by atoms with Crippen LogP contribution in [-0.4, -0.2) is 47.5 Å². The van der Waals surface area contributed by atoms with Gasteiger partial charge in [0.25, 0.3) is 0 Å². The van der Waals surface area contributed by atoms with Crippen LogP contribution >= 0.6 is 0 Å². The zero-order valence-corrected chi connectivity index (χ0v) is 10.8. The van der Waals surface area contributed by atoms with Gasteiger partial charge in [0.15, 0.2) is 0 Å². The van der Waals surface area contributed by atoms with Crippen molar-refractivity contribution in [2.45, 2.75) is 19.0 Å². The van der Waals surface area contributed by atoms with Gasteiger partial charge in [-0.1, -0.05) is 18.2 Å². The molecule has 94 valence electrons. The van der Waals surface area contributed by atoms with Crippen molar-refractivity contribution in [1.82, 2.24) is 14.8 Å². The fourth-order valence-electron chi connectivity index (χ4n) is 3.51. The van der Waals surface area contributed by atoms with E-state index < -0.39 is 0 Å². The van der Waals surface area contributed by atoms with Crippen LogP contribution in [0.15, 0.2) is 24.3 Å². The van der Waals surface area contributed by atoms with Crippen LogP contribution in [0.5, 0.6) is 0 Å². The number of benzene rings is 1. The van der Waals surface area contributed by atoms with Crippen molar-refractivity contribution in [3.05, 3.63) is 35.5 Å². The molecule has 1 aromatic carbocycles. The summed E-state index contributed by atoms with van der Waals surface area (Å²) in [6, 6.07) is 9.42. The lowest BCUT2D eigenvalue weighted by molar-refractivity contribution is 0.0743. The van der Waals surface area contributed by atoms with Crippen molar-refractivity contribution >= 4 is 10.9 Å². The quantitative estimate of drug-likeness (QED) is 0.760. The first-order valence-electron chi connectivity index (χ1n) is 6.82. The third-order valence-electron chi connectivity index (χ3n) is 4.51. The first-order valence-corrected chi connectivity index (χ1v) is 6.82. The van der Waals surface area contributed by atoms with Gasteiger partial charge in [0.05, 0.1) is 0 Å². The number of aromatic nitrogens is 1. The smallest absolute Gasteiger partial charge is 0.0459 e. The van der Waals surface area contributed by atoms with Crippen LogP contribution in [0.2, 0.25) is 0 Å². The molecule has 0 saturated carbocycles. The maximum absolute atomic E-state index is 3.61. The Balaban J connectivity index is 1.78. The Labute approximate surface area is 107 Å². The van der Waals surface area contributed by atoms with E-state index in [2.05, 4.69) is 46.1 Å². The monoisotopic (exact) mass is 241 g/mol. The fraction of sp³-hybridized carbons (Fsp3) is 0.467. The van der Waals surface area contributed by atoms with E-state index in [4.69, 9.17) is 0 Å². The third-order valence-corrected chi connectivity index (χ3v) is 4.51. The Bertz CT molecular complexity index is 586. The molecule has 3 heteroatoms. The molecule has 0 unspecified atom stereocenters. The highest BCUT2D eigenvalue weighted by atomic mass is 15.3. The predicted octanol–water partition coefficient (Wildman–Crippen LogP) is 1.84. The minimum Gasteiger partial charge on any atom is -0.357 e. The van der Waals surface area contributed by atoms with Gasteiger partial charge in [-0.25, -0.2) is 0 Å². The van der Waals surface area contributed by atoms with E-state index >= 15 is 0 Å². The normalized spacial score (nSPS) is 25.1. The van der Waals surface area contributed by atoms with E-state index in [1.54, 1.807) is 5.56 Å². The van der Waals surface area contributed by atoms with Crippen molar-refractivity contribution in [3.63, 3.8) is 0 Å². The highest BCUT2D eigenvalue weighted by molar-refractivity contribution is 5.84. The van der Waals surface area contributed by atoms with Gasteiger partial charge >= 0.3 is 0 Å². The zero-order valence-electron chi connectivity index (χ0n) is 10.8. The summed E-state index contributed by atoms with van der Waals surface area (Å²) < 4.78 is 0. The van der Waals surface area contributed by atoms with Crippen molar-refractivity contribution in [2.24, 2.45) is 0 Å². The van der Waals surface area contributed by atoms with E-state index in [1.807, 2.05) is 0 Å². The van der Waals surface area contributed by atoms with Gasteiger partial charge in [0, 0.05) is 48.8 Å². The minimum atomic E-state index is 0.704. The van der Waals surface area contributed by atoms with Gasteiger partial charge in [-0.3, -0.25) is 4.90 Å². The molecule has 3 nitrogen and oxygen atoms in total. The zero-order chi connectivity index (χ0) is 12.1. The summed E-state index contributed by atoms with van der Waals surface area (Å²) in [7, 11) is 2.24. The predicted molar refractivity (Wildman–Crippen MR) is 73.7 cm³/mol. The van der Waals surface area contributed by atoms with E-state index in [0.29, 0.717) is 6.04 Å². The van der Waals surface area contributed by atoms with Gasteiger partial charge in [-0.05, 0) is 25.1 Å². The number of hydrogen-bond acceptors (Lipinski definition) is 2. The Morgan fingerprint density at radius 1 is 1.22 bits per heavy atom. The Hall–Kier alpha value is -1.32. The highest BCUT2D eigenvalue weighted by Crippen LogP contribution is 2.31. The van der Waals surface area contributed by atoms with Crippen LogP contribution in [0.3, 0.4) is 0 Å². The summed E-state index contributed by atoms with van der Waals surface area (Å²) in [6.45, 7) is 4.71. The number of nitrogens with one attached hydrogen (secondary N) is 1.